The second-order valence-electron chi connectivity index (χ2n) is 4.38. The SMILES string of the molecule is c1ccc2c(c1)oc1c(-c3ccncn3)cccc12. The standard InChI is InChI=1S/C16H10N2O/c1-2-7-15-11(4-1)12-5-3-6-13(16(12)19-15)14-8-9-17-10-18-14/h1-10H. The highest BCUT2D eigenvalue weighted by Crippen LogP contribution is 2.34. The molecule has 4 aromatic rings. The summed E-state index contributed by atoms with van der Waals surface area (Å²) in [5.74, 6) is 0. The van der Waals surface area contributed by atoms with Crippen LogP contribution in [-0.4, -0.2) is 9.97 Å². The van der Waals surface area contributed by atoms with Crippen molar-refractivity contribution in [3.05, 3.63) is 61.1 Å². The number of fused-ring (bicyclic) bond motifs is 3. The average Bonchev–Trinajstić information content (AvgIpc) is 2.87. The summed E-state index contributed by atoms with van der Waals surface area (Å²) in [7, 11) is 0. The monoisotopic (exact) mass is 246 g/mol. The number of benzene rings is 2. The minimum Gasteiger partial charge on any atom is -0.455 e. The number of aromatic nitrogens is 2. The summed E-state index contributed by atoms with van der Waals surface area (Å²) in [5.41, 5.74) is 3.65. The zero-order chi connectivity index (χ0) is 12.7. The van der Waals surface area contributed by atoms with E-state index in [4.69, 9.17) is 4.42 Å². The molecular formula is C16H10N2O. The summed E-state index contributed by atoms with van der Waals surface area (Å²) < 4.78 is 5.98. The molecule has 0 radical (unpaired) electrons. The molecule has 90 valence electrons. The zero-order valence-corrected chi connectivity index (χ0v) is 10.1. The molecule has 3 nitrogen and oxygen atoms in total. The average molecular weight is 246 g/mol. The van der Waals surface area contributed by atoms with Crippen LogP contribution in [0.15, 0.2) is 65.5 Å². The van der Waals surface area contributed by atoms with Crippen molar-refractivity contribution in [3.8, 4) is 11.3 Å². The van der Waals surface area contributed by atoms with Gasteiger partial charge in [-0.25, -0.2) is 9.97 Å². The van der Waals surface area contributed by atoms with E-state index in [2.05, 4.69) is 22.1 Å². The van der Waals surface area contributed by atoms with Crippen LogP contribution in [0.1, 0.15) is 0 Å². The molecule has 2 aromatic heterocycles. The Balaban J connectivity index is 2.13. The van der Waals surface area contributed by atoms with Crippen molar-refractivity contribution in [2.75, 3.05) is 0 Å². The minimum atomic E-state index is 0.875. The van der Waals surface area contributed by atoms with Crippen LogP contribution < -0.4 is 0 Å². The second kappa shape index (κ2) is 3.92. The van der Waals surface area contributed by atoms with E-state index in [0.29, 0.717) is 0 Å². The van der Waals surface area contributed by atoms with E-state index in [-0.39, 0.29) is 0 Å². The molecule has 0 atom stereocenters. The minimum absolute atomic E-state index is 0.875. The van der Waals surface area contributed by atoms with Crippen molar-refractivity contribution < 1.29 is 4.42 Å². The highest BCUT2D eigenvalue weighted by molar-refractivity contribution is 6.09. The fourth-order valence-corrected chi connectivity index (χ4v) is 2.40. The molecule has 0 aliphatic carbocycles. The molecule has 0 saturated heterocycles. The molecule has 2 aromatic carbocycles. The summed E-state index contributed by atoms with van der Waals surface area (Å²) in [6, 6.07) is 16.1. The lowest BCUT2D eigenvalue weighted by molar-refractivity contribution is 0.670. The number of hydrogen-bond acceptors (Lipinski definition) is 3. The Morgan fingerprint density at radius 2 is 1.74 bits per heavy atom. The van der Waals surface area contributed by atoms with Crippen LogP contribution in [0.4, 0.5) is 0 Å². The molecule has 0 unspecified atom stereocenters. The molecule has 19 heavy (non-hydrogen) atoms. The first-order chi connectivity index (χ1) is 9.43. The van der Waals surface area contributed by atoms with Gasteiger partial charge >= 0.3 is 0 Å². The van der Waals surface area contributed by atoms with Gasteiger partial charge in [0.25, 0.3) is 0 Å². The van der Waals surface area contributed by atoms with Gasteiger partial charge in [-0.15, -0.1) is 0 Å². The van der Waals surface area contributed by atoms with Gasteiger partial charge in [0.15, 0.2) is 0 Å². The quantitative estimate of drug-likeness (QED) is 0.508. The fraction of sp³-hybridized carbons (Fsp3) is 0. The molecule has 0 amide bonds. The third-order valence-corrected chi connectivity index (χ3v) is 3.26. The van der Waals surface area contributed by atoms with E-state index in [0.717, 1.165) is 33.2 Å². The Bertz CT molecular complexity index is 866. The van der Waals surface area contributed by atoms with Crippen molar-refractivity contribution in [2.24, 2.45) is 0 Å². The molecule has 3 heteroatoms. The molecule has 0 N–H and O–H groups in total. The molecule has 0 aliphatic rings. The van der Waals surface area contributed by atoms with Crippen molar-refractivity contribution in [2.45, 2.75) is 0 Å². The van der Waals surface area contributed by atoms with Gasteiger partial charge in [-0.1, -0.05) is 30.3 Å². The van der Waals surface area contributed by atoms with Gasteiger partial charge in [-0.2, -0.15) is 0 Å². The summed E-state index contributed by atoms with van der Waals surface area (Å²) in [5, 5.41) is 2.25. The maximum absolute atomic E-state index is 5.98. The third-order valence-electron chi connectivity index (χ3n) is 3.26. The second-order valence-corrected chi connectivity index (χ2v) is 4.38. The Morgan fingerprint density at radius 3 is 2.63 bits per heavy atom. The van der Waals surface area contributed by atoms with Crippen molar-refractivity contribution >= 4 is 21.9 Å². The first-order valence-electron chi connectivity index (χ1n) is 6.10. The first kappa shape index (κ1) is 10.3. The fourth-order valence-electron chi connectivity index (χ4n) is 2.40. The third kappa shape index (κ3) is 1.52. The molecule has 0 aliphatic heterocycles. The lowest BCUT2D eigenvalue weighted by atomic mass is 10.1. The number of hydrogen-bond donors (Lipinski definition) is 0. The van der Waals surface area contributed by atoms with Gasteiger partial charge in [-0.3, -0.25) is 0 Å². The zero-order valence-electron chi connectivity index (χ0n) is 10.1. The highest BCUT2D eigenvalue weighted by Gasteiger charge is 2.11. The summed E-state index contributed by atoms with van der Waals surface area (Å²) in [6.07, 6.45) is 3.29. The van der Waals surface area contributed by atoms with E-state index in [1.54, 1.807) is 12.5 Å². The van der Waals surface area contributed by atoms with Crippen LogP contribution in [0, 0.1) is 0 Å². The predicted molar refractivity (Wildman–Crippen MR) is 74.7 cm³/mol. The van der Waals surface area contributed by atoms with Gasteiger partial charge in [-0.05, 0) is 18.2 Å². The maximum atomic E-state index is 5.98. The van der Waals surface area contributed by atoms with Crippen LogP contribution in [0.2, 0.25) is 0 Å². The van der Waals surface area contributed by atoms with E-state index in [1.807, 2.05) is 36.4 Å². The van der Waals surface area contributed by atoms with Crippen molar-refractivity contribution in [3.63, 3.8) is 0 Å². The molecular weight excluding hydrogens is 236 g/mol. The summed E-state index contributed by atoms with van der Waals surface area (Å²) in [6.45, 7) is 0. The van der Waals surface area contributed by atoms with Crippen LogP contribution in [0.25, 0.3) is 33.2 Å². The number of rotatable bonds is 1. The highest BCUT2D eigenvalue weighted by atomic mass is 16.3. The van der Waals surface area contributed by atoms with Crippen LogP contribution >= 0.6 is 0 Å². The van der Waals surface area contributed by atoms with E-state index in [9.17, 15) is 0 Å². The van der Waals surface area contributed by atoms with Gasteiger partial charge in [0, 0.05) is 22.5 Å². The van der Waals surface area contributed by atoms with Gasteiger partial charge in [0.2, 0.25) is 0 Å². The topological polar surface area (TPSA) is 38.9 Å². The molecule has 0 fully saturated rings. The van der Waals surface area contributed by atoms with Gasteiger partial charge in [0.1, 0.15) is 17.5 Å². The van der Waals surface area contributed by atoms with Crippen molar-refractivity contribution in [1.82, 2.24) is 9.97 Å². The normalized spacial score (nSPS) is 11.2. The van der Waals surface area contributed by atoms with Crippen LogP contribution in [0.5, 0.6) is 0 Å². The molecule has 0 bridgehead atoms. The Kier molecular flexibility index (Phi) is 2.12. The smallest absolute Gasteiger partial charge is 0.144 e. The number of nitrogens with zero attached hydrogens (tertiary/aromatic N) is 2. The first-order valence-corrected chi connectivity index (χ1v) is 6.10. The predicted octanol–water partition coefficient (Wildman–Crippen LogP) is 4.04. The van der Waals surface area contributed by atoms with Gasteiger partial charge in [0.05, 0.1) is 5.69 Å². The number of para-hydroxylation sites is 2. The molecule has 4 rings (SSSR count). The largest absolute Gasteiger partial charge is 0.455 e. The molecule has 0 spiro atoms. The number of furan rings is 1. The van der Waals surface area contributed by atoms with Crippen LogP contribution in [0.3, 0.4) is 0 Å². The molecule has 2 heterocycles. The molecule has 0 saturated carbocycles. The maximum Gasteiger partial charge on any atom is 0.144 e. The van der Waals surface area contributed by atoms with E-state index >= 15 is 0 Å². The van der Waals surface area contributed by atoms with E-state index < -0.39 is 0 Å². The summed E-state index contributed by atoms with van der Waals surface area (Å²) in [4.78, 5) is 8.25. The van der Waals surface area contributed by atoms with Crippen molar-refractivity contribution in [1.29, 1.82) is 0 Å². The van der Waals surface area contributed by atoms with Gasteiger partial charge < -0.3 is 4.42 Å². The van der Waals surface area contributed by atoms with Crippen LogP contribution in [-0.2, 0) is 0 Å². The lowest BCUT2D eigenvalue weighted by Gasteiger charge is -2.00. The Hall–Kier alpha value is -2.68. The Morgan fingerprint density at radius 1 is 0.842 bits per heavy atom. The van der Waals surface area contributed by atoms with E-state index in [1.165, 1.54) is 0 Å². The summed E-state index contributed by atoms with van der Waals surface area (Å²) >= 11 is 0. The lowest BCUT2D eigenvalue weighted by Crippen LogP contribution is -1.83. The Labute approximate surface area is 109 Å².